The maximum absolute atomic E-state index is 14.4. The molecule has 3 rings (SSSR count). The summed E-state index contributed by atoms with van der Waals surface area (Å²) in [5, 5.41) is 3.56. The Hall–Kier alpha value is -1.87. The van der Waals surface area contributed by atoms with Crippen LogP contribution in [0.2, 0.25) is 5.02 Å². The van der Waals surface area contributed by atoms with Crippen LogP contribution in [0.5, 0.6) is 0 Å². The molecule has 2 aromatic carbocycles. The van der Waals surface area contributed by atoms with Crippen LogP contribution >= 0.6 is 11.6 Å². The maximum atomic E-state index is 14.4. The molecule has 0 radical (unpaired) electrons. The average Bonchev–Trinajstić information content (AvgIpc) is 3.03. The van der Waals surface area contributed by atoms with E-state index in [0.717, 1.165) is 30.8 Å². The summed E-state index contributed by atoms with van der Waals surface area (Å²) in [4.78, 5) is 4.44. The summed E-state index contributed by atoms with van der Waals surface area (Å²) in [6, 6.07) is 15.1. The Morgan fingerprint density at radius 3 is 2.68 bits per heavy atom. The number of hydrogen-bond donors (Lipinski definition) is 1. The molecule has 1 aliphatic heterocycles. The van der Waals surface area contributed by atoms with Crippen molar-refractivity contribution in [2.75, 3.05) is 6.54 Å². The van der Waals surface area contributed by atoms with Crippen LogP contribution in [-0.2, 0) is 6.42 Å². The Balaban J connectivity index is 1.89. The molecule has 1 atom stereocenters. The molecule has 1 unspecified atom stereocenters. The smallest absolute Gasteiger partial charge is 0.147 e. The zero-order chi connectivity index (χ0) is 15.4. The van der Waals surface area contributed by atoms with E-state index in [1.807, 2.05) is 30.3 Å². The summed E-state index contributed by atoms with van der Waals surface area (Å²) in [7, 11) is 0. The monoisotopic (exact) mass is 316 g/mol. The molecule has 0 aromatic heterocycles. The first-order valence-corrected chi connectivity index (χ1v) is 7.89. The Morgan fingerprint density at radius 2 is 1.95 bits per heavy atom. The molecule has 0 aliphatic carbocycles. The van der Waals surface area contributed by atoms with Gasteiger partial charge in [0.15, 0.2) is 0 Å². The van der Waals surface area contributed by atoms with Crippen LogP contribution in [0.4, 0.5) is 4.39 Å². The molecule has 1 N–H and O–H groups in total. The van der Waals surface area contributed by atoms with E-state index in [2.05, 4.69) is 10.3 Å². The molecule has 114 valence electrons. The highest BCUT2D eigenvalue weighted by Crippen LogP contribution is 2.26. The third-order valence-electron chi connectivity index (χ3n) is 3.85. The molecule has 0 spiro atoms. The first-order valence-electron chi connectivity index (χ1n) is 7.52. The highest BCUT2D eigenvalue weighted by molar-refractivity contribution is 6.30. The van der Waals surface area contributed by atoms with Crippen molar-refractivity contribution >= 4 is 17.4 Å². The van der Waals surface area contributed by atoms with Gasteiger partial charge in [0.2, 0.25) is 0 Å². The second-order valence-electron chi connectivity index (χ2n) is 5.46. The molecule has 0 fully saturated rings. The molecule has 0 saturated carbocycles. The lowest BCUT2D eigenvalue weighted by molar-refractivity contribution is 0.556. The number of rotatable bonds is 4. The van der Waals surface area contributed by atoms with Crippen molar-refractivity contribution in [2.45, 2.75) is 25.3 Å². The SMILES string of the molecule is Fc1c(Cl)cccc1C(Cc1ccccc1)NC1=NCCC1. The van der Waals surface area contributed by atoms with Crippen molar-refractivity contribution < 1.29 is 4.39 Å². The van der Waals surface area contributed by atoms with Crippen molar-refractivity contribution in [3.63, 3.8) is 0 Å². The van der Waals surface area contributed by atoms with E-state index in [1.54, 1.807) is 18.2 Å². The first kappa shape index (κ1) is 15.0. The van der Waals surface area contributed by atoms with Crippen molar-refractivity contribution in [2.24, 2.45) is 4.99 Å². The fourth-order valence-corrected chi connectivity index (χ4v) is 2.92. The Labute approximate surface area is 135 Å². The van der Waals surface area contributed by atoms with Gasteiger partial charge >= 0.3 is 0 Å². The Kier molecular flexibility index (Phi) is 4.74. The largest absolute Gasteiger partial charge is 0.367 e. The van der Waals surface area contributed by atoms with Crippen LogP contribution in [0.25, 0.3) is 0 Å². The van der Waals surface area contributed by atoms with E-state index in [4.69, 9.17) is 11.6 Å². The maximum Gasteiger partial charge on any atom is 0.147 e. The predicted molar refractivity (Wildman–Crippen MR) is 89.0 cm³/mol. The summed E-state index contributed by atoms with van der Waals surface area (Å²) in [5.74, 6) is 0.608. The minimum absolute atomic E-state index is 0.158. The fraction of sp³-hybridized carbons (Fsp3) is 0.278. The highest BCUT2D eigenvalue weighted by Gasteiger charge is 2.20. The number of nitrogens with one attached hydrogen (secondary N) is 1. The summed E-state index contributed by atoms with van der Waals surface area (Å²) in [6.07, 6.45) is 2.67. The second kappa shape index (κ2) is 6.93. The van der Waals surface area contributed by atoms with Crippen LogP contribution < -0.4 is 5.32 Å². The minimum atomic E-state index is -0.351. The molecular weight excluding hydrogens is 299 g/mol. The summed E-state index contributed by atoms with van der Waals surface area (Å²) >= 11 is 5.94. The number of halogens is 2. The van der Waals surface area contributed by atoms with E-state index < -0.39 is 0 Å². The zero-order valence-corrected chi connectivity index (χ0v) is 13.0. The Morgan fingerprint density at radius 1 is 1.14 bits per heavy atom. The van der Waals surface area contributed by atoms with Crippen LogP contribution in [-0.4, -0.2) is 12.4 Å². The van der Waals surface area contributed by atoms with Crippen molar-refractivity contribution in [3.05, 3.63) is 70.5 Å². The third kappa shape index (κ3) is 3.47. The van der Waals surface area contributed by atoms with Gasteiger partial charge in [-0.3, -0.25) is 4.99 Å². The van der Waals surface area contributed by atoms with Gasteiger partial charge in [-0.05, 0) is 24.5 Å². The molecule has 2 aromatic rings. The number of hydrogen-bond acceptors (Lipinski definition) is 2. The van der Waals surface area contributed by atoms with Crippen LogP contribution in [0, 0.1) is 5.82 Å². The third-order valence-corrected chi connectivity index (χ3v) is 4.15. The number of aliphatic imine (C=N–C) groups is 1. The highest BCUT2D eigenvalue weighted by atomic mass is 35.5. The fourth-order valence-electron chi connectivity index (χ4n) is 2.74. The van der Waals surface area contributed by atoms with E-state index >= 15 is 0 Å². The normalized spacial score (nSPS) is 15.5. The van der Waals surface area contributed by atoms with Gasteiger partial charge < -0.3 is 5.32 Å². The zero-order valence-electron chi connectivity index (χ0n) is 12.2. The van der Waals surface area contributed by atoms with Gasteiger partial charge in [0.25, 0.3) is 0 Å². The van der Waals surface area contributed by atoms with Crippen LogP contribution in [0.15, 0.2) is 53.5 Å². The topological polar surface area (TPSA) is 24.4 Å². The van der Waals surface area contributed by atoms with Gasteiger partial charge in [-0.2, -0.15) is 0 Å². The van der Waals surface area contributed by atoms with Crippen LogP contribution in [0.3, 0.4) is 0 Å². The molecule has 1 aliphatic rings. The van der Waals surface area contributed by atoms with Crippen LogP contribution in [0.1, 0.15) is 30.0 Å². The quantitative estimate of drug-likeness (QED) is 0.879. The molecule has 1 heterocycles. The van der Waals surface area contributed by atoms with E-state index in [1.165, 1.54) is 0 Å². The van der Waals surface area contributed by atoms with Crippen molar-refractivity contribution in [1.82, 2.24) is 5.32 Å². The summed E-state index contributed by atoms with van der Waals surface area (Å²) in [6.45, 7) is 0.846. The number of nitrogens with zero attached hydrogens (tertiary/aromatic N) is 1. The van der Waals surface area contributed by atoms with Gasteiger partial charge in [0.05, 0.1) is 16.9 Å². The van der Waals surface area contributed by atoms with Gasteiger partial charge in [0, 0.05) is 18.5 Å². The molecular formula is C18H18ClFN2. The van der Waals surface area contributed by atoms with Crippen molar-refractivity contribution in [1.29, 1.82) is 0 Å². The average molecular weight is 317 g/mol. The van der Waals surface area contributed by atoms with Gasteiger partial charge in [-0.1, -0.05) is 54.1 Å². The Bertz CT molecular complexity index is 670. The lowest BCUT2D eigenvalue weighted by Gasteiger charge is -2.21. The molecule has 2 nitrogen and oxygen atoms in total. The predicted octanol–water partition coefficient (Wildman–Crippen LogP) is 4.54. The number of amidine groups is 1. The lowest BCUT2D eigenvalue weighted by Crippen LogP contribution is -2.29. The standard InChI is InChI=1S/C18H18ClFN2/c19-15-9-4-8-14(18(15)20)16(22-17-10-5-11-21-17)12-13-6-2-1-3-7-13/h1-4,6-9,16H,5,10-12H2,(H,21,22). The van der Waals surface area contributed by atoms with Gasteiger partial charge in [0.1, 0.15) is 5.82 Å². The lowest BCUT2D eigenvalue weighted by atomic mass is 9.98. The molecule has 4 heteroatoms. The number of benzene rings is 2. The second-order valence-corrected chi connectivity index (χ2v) is 5.87. The molecule has 0 bridgehead atoms. The molecule has 22 heavy (non-hydrogen) atoms. The van der Waals surface area contributed by atoms with E-state index in [-0.39, 0.29) is 16.9 Å². The van der Waals surface area contributed by atoms with Gasteiger partial charge in [-0.25, -0.2) is 4.39 Å². The van der Waals surface area contributed by atoms with E-state index in [9.17, 15) is 4.39 Å². The molecule has 0 amide bonds. The van der Waals surface area contributed by atoms with Gasteiger partial charge in [-0.15, -0.1) is 0 Å². The van der Waals surface area contributed by atoms with E-state index in [0.29, 0.717) is 12.0 Å². The minimum Gasteiger partial charge on any atom is -0.367 e. The van der Waals surface area contributed by atoms with Crippen molar-refractivity contribution in [3.8, 4) is 0 Å². The molecule has 0 saturated heterocycles. The first-order chi connectivity index (χ1) is 10.7. The summed E-state index contributed by atoms with van der Waals surface area (Å²) < 4.78 is 14.4. The summed E-state index contributed by atoms with van der Waals surface area (Å²) in [5.41, 5.74) is 1.74.